The van der Waals surface area contributed by atoms with E-state index in [0.29, 0.717) is 5.69 Å². The molecule has 0 aromatic heterocycles. The zero-order valence-corrected chi connectivity index (χ0v) is 16.7. The van der Waals surface area contributed by atoms with Gasteiger partial charge in [-0.15, -0.1) is 0 Å². The fourth-order valence-electron chi connectivity index (χ4n) is 4.31. The number of carbonyl (C=O) groups is 1. The minimum atomic E-state index is -4.31. The molecule has 0 radical (unpaired) electrons. The van der Waals surface area contributed by atoms with E-state index < -0.39 is 23.7 Å². The number of nitrogens with one attached hydrogen (secondary N) is 1. The van der Waals surface area contributed by atoms with Crippen molar-refractivity contribution < 1.29 is 18.0 Å². The average molecular weight is 398 g/mol. The monoisotopic (exact) mass is 398 g/mol. The molecule has 1 aromatic rings. The largest absolute Gasteiger partial charge is 0.394 e. The van der Waals surface area contributed by atoms with Crippen LogP contribution in [0.3, 0.4) is 0 Å². The van der Waals surface area contributed by atoms with Crippen LogP contribution in [0.25, 0.3) is 0 Å². The molecule has 2 amide bonds. The van der Waals surface area contributed by atoms with Crippen molar-refractivity contribution in [2.24, 2.45) is 5.92 Å². The fourth-order valence-corrected chi connectivity index (χ4v) is 4.31. The van der Waals surface area contributed by atoms with E-state index in [1.165, 1.54) is 18.7 Å². The second kappa shape index (κ2) is 7.81. The van der Waals surface area contributed by atoms with Gasteiger partial charge in [-0.2, -0.15) is 13.2 Å². The highest BCUT2D eigenvalue weighted by atomic mass is 19.4. The zero-order chi connectivity index (χ0) is 20.5. The van der Waals surface area contributed by atoms with Gasteiger partial charge in [-0.3, -0.25) is 0 Å². The smallest absolute Gasteiger partial charge is 0.369 e. The predicted octanol–water partition coefficient (Wildman–Crippen LogP) is 4.02. The van der Waals surface area contributed by atoms with E-state index in [9.17, 15) is 18.0 Å². The maximum atomic E-state index is 13.3. The minimum Gasteiger partial charge on any atom is -0.369 e. The van der Waals surface area contributed by atoms with Crippen molar-refractivity contribution in [2.75, 3.05) is 49.5 Å². The van der Waals surface area contributed by atoms with E-state index in [2.05, 4.69) is 22.0 Å². The van der Waals surface area contributed by atoms with Gasteiger partial charge < -0.3 is 20.0 Å². The summed E-state index contributed by atoms with van der Waals surface area (Å²) in [4.78, 5) is 18.7. The van der Waals surface area contributed by atoms with Gasteiger partial charge in [0.05, 0.1) is 11.5 Å². The zero-order valence-electron chi connectivity index (χ0n) is 16.7. The van der Waals surface area contributed by atoms with Crippen molar-refractivity contribution in [3.63, 3.8) is 0 Å². The molecule has 0 aliphatic carbocycles. The first-order chi connectivity index (χ1) is 13.1. The first kappa shape index (κ1) is 20.8. The standard InChI is InChI=1S/C20H29F3N4O/c1-4-25-10-12-26(13-11-25)16-7-5-6-15(14-16)24-18(28)27-9-8-17(19(27,2)3)20(21,22)23/h5-7,14,17H,4,8-13H2,1-3H3,(H,24,28). The molecule has 2 heterocycles. The van der Waals surface area contributed by atoms with Crippen LogP contribution >= 0.6 is 0 Å². The fraction of sp³-hybridized carbons (Fsp3) is 0.650. The van der Waals surface area contributed by atoms with Crippen molar-refractivity contribution in [1.82, 2.24) is 9.80 Å². The van der Waals surface area contributed by atoms with Crippen LogP contribution in [-0.2, 0) is 0 Å². The molecule has 2 aliphatic heterocycles. The Morgan fingerprint density at radius 3 is 2.43 bits per heavy atom. The topological polar surface area (TPSA) is 38.8 Å². The van der Waals surface area contributed by atoms with E-state index >= 15 is 0 Å². The van der Waals surface area contributed by atoms with Crippen LogP contribution in [0, 0.1) is 5.92 Å². The highest BCUT2D eigenvalue weighted by molar-refractivity contribution is 5.90. The van der Waals surface area contributed by atoms with Crippen molar-refractivity contribution in [3.8, 4) is 0 Å². The van der Waals surface area contributed by atoms with Gasteiger partial charge in [0, 0.05) is 44.1 Å². The van der Waals surface area contributed by atoms with Gasteiger partial charge in [0.15, 0.2) is 0 Å². The number of nitrogens with zero attached hydrogens (tertiary/aromatic N) is 3. The summed E-state index contributed by atoms with van der Waals surface area (Å²) in [6.07, 6.45) is -4.37. The predicted molar refractivity (Wildman–Crippen MR) is 105 cm³/mol. The van der Waals surface area contributed by atoms with Gasteiger partial charge in [0.25, 0.3) is 0 Å². The second-order valence-corrected chi connectivity index (χ2v) is 8.09. The Hall–Kier alpha value is -1.96. The molecule has 1 atom stereocenters. The summed E-state index contributed by atoms with van der Waals surface area (Å²) in [6, 6.07) is 7.05. The van der Waals surface area contributed by atoms with E-state index in [1.807, 2.05) is 18.2 Å². The van der Waals surface area contributed by atoms with Crippen LogP contribution in [-0.4, -0.2) is 66.8 Å². The van der Waals surface area contributed by atoms with Crippen molar-refractivity contribution >= 4 is 17.4 Å². The van der Waals surface area contributed by atoms with Gasteiger partial charge in [-0.25, -0.2) is 4.79 Å². The van der Waals surface area contributed by atoms with Gasteiger partial charge in [-0.1, -0.05) is 13.0 Å². The molecule has 5 nitrogen and oxygen atoms in total. The first-order valence-electron chi connectivity index (χ1n) is 9.85. The van der Waals surface area contributed by atoms with Gasteiger partial charge in [0.1, 0.15) is 0 Å². The molecule has 2 aliphatic rings. The molecular formula is C20H29F3N4O. The Balaban J connectivity index is 1.67. The van der Waals surface area contributed by atoms with Crippen LogP contribution in [0.2, 0.25) is 0 Å². The van der Waals surface area contributed by atoms with Crippen LogP contribution in [0.15, 0.2) is 24.3 Å². The summed E-state index contributed by atoms with van der Waals surface area (Å²) in [7, 11) is 0. The lowest BCUT2D eigenvalue weighted by Crippen LogP contribution is -2.51. The molecule has 0 bridgehead atoms. The Bertz CT molecular complexity index is 699. The summed E-state index contributed by atoms with van der Waals surface area (Å²) in [5, 5.41) is 2.79. The molecule has 0 spiro atoms. The number of benzene rings is 1. The highest BCUT2D eigenvalue weighted by Crippen LogP contribution is 2.44. The number of alkyl halides is 3. The van der Waals surface area contributed by atoms with E-state index in [-0.39, 0.29) is 13.0 Å². The molecule has 2 fully saturated rings. The lowest BCUT2D eigenvalue weighted by Gasteiger charge is -2.37. The molecular weight excluding hydrogens is 369 g/mol. The SMILES string of the molecule is CCN1CCN(c2cccc(NC(=O)N3CCC(C(F)(F)F)C3(C)C)c2)CC1. The van der Waals surface area contributed by atoms with Crippen molar-refractivity contribution in [1.29, 1.82) is 0 Å². The molecule has 2 saturated heterocycles. The van der Waals surface area contributed by atoms with Gasteiger partial charge >= 0.3 is 12.2 Å². The van der Waals surface area contributed by atoms with Gasteiger partial charge in [0.2, 0.25) is 0 Å². The van der Waals surface area contributed by atoms with Crippen LogP contribution < -0.4 is 10.2 Å². The van der Waals surface area contributed by atoms with E-state index in [0.717, 1.165) is 38.4 Å². The quantitative estimate of drug-likeness (QED) is 0.836. The molecule has 0 saturated carbocycles. The Kier molecular flexibility index (Phi) is 5.79. The lowest BCUT2D eigenvalue weighted by atomic mass is 9.88. The summed E-state index contributed by atoms with van der Waals surface area (Å²) < 4.78 is 39.8. The number of anilines is 2. The Morgan fingerprint density at radius 1 is 1.18 bits per heavy atom. The number of carbonyl (C=O) groups excluding carboxylic acids is 1. The van der Waals surface area contributed by atoms with Crippen molar-refractivity contribution in [2.45, 2.75) is 38.9 Å². The molecule has 8 heteroatoms. The van der Waals surface area contributed by atoms with Gasteiger partial charge in [-0.05, 0) is 45.0 Å². The van der Waals surface area contributed by atoms with Crippen molar-refractivity contribution in [3.05, 3.63) is 24.3 Å². The van der Waals surface area contributed by atoms with E-state index in [4.69, 9.17) is 0 Å². The second-order valence-electron chi connectivity index (χ2n) is 8.09. The maximum absolute atomic E-state index is 13.3. The van der Waals surface area contributed by atoms with Crippen LogP contribution in [0.5, 0.6) is 0 Å². The molecule has 1 unspecified atom stereocenters. The number of rotatable bonds is 3. The summed E-state index contributed by atoms with van der Waals surface area (Å²) in [6.45, 7) is 10.1. The Morgan fingerprint density at radius 2 is 1.86 bits per heavy atom. The number of amides is 2. The summed E-state index contributed by atoms with van der Waals surface area (Å²) >= 11 is 0. The first-order valence-corrected chi connectivity index (χ1v) is 9.85. The highest BCUT2D eigenvalue weighted by Gasteiger charge is 2.56. The molecule has 28 heavy (non-hydrogen) atoms. The number of hydrogen-bond acceptors (Lipinski definition) is 3. The number of likely N-dealkylation sites (tertiary alicyclic amines) is 1. The number of urea groups is 1. The number of piperazine rings is 1. The third-order valence-electron chi connectivity index (χ3n) is 6.11. The average Bonchev–Trinajstić information content (AvgIpc) is 2.97. The third-order valence-corrected chi connectivity index (χ3v) is 6.11. The molecule has 1 N–H and O–H groups in total. The van der Waals surface area contributed by atoms with Crippen LogP contribution in [0.1, 0.15) is 27.2 Å². The van der Waals surface area contributed by atoms with Crippen LogP contribution in [0.4, 0.5) is 29.3 Å². The number of likely N-dealkylation sites (N-methyl/N-ethyl adjacent to an activating group) is 1. The summed E-state index contributed by atoms with van der Waals surface area (Å²) in [5.41, 5.74) is 0.352. The van der Waals surface area contributed by atoms with E-state index in [1.54, 1.807) is 6.07 Å². The lowest BCUT2D eigenvalue weighted by molar-refractivity contribution is -0.189. The molecule has 1 aromatic carbocycles. The Labute approximate surface area is 164 Å². The minimum absolute atomic E-state index is 0.0638. The number of hydrogen-bond donors (Lipinski definition) is 1. The molecule has 3 rings (SSSR count). The number of halogens is 3. The molecule has 156 valence electrons. The normalized spacial score (nSPS) is 23.1. The third kappa shape index (κ3) is 4.21. The summed E-state index contributed by atoms with van der Waals surface area (Å²) in [5.74, 6) is -1.51. The maximum Gasteiger partial charge on any atom is 0.394 e.